The van der Waals surface area contributed by atoms with Crippen molar-refractivity contribution in [2.24, 2.45) is 0 Å². The topological polar surface area (TPSA) is 105 Å². The van der Waals surface area contributed by atoms with Crippen molar-refractivity contribution in [2.75, 3.05) is 23.0 Å². The molecule has 0 spiro atoms. The summed E-state index contributed by atoms with van der Waals surface area (Å²) in [5.41, 5.74) is 1.06. The van der Waals surface area contributed by atoms with Crippen molar-refractivity contribution in [2.45, 2.75) is 19.1 Å². The van der Waals surface area contributed by atoms with E-state index in [9.17, 15) is 19.5 Å². The van der Waals surface area contributed by atoms with Crippen LogP contribution in [0.4, 0.5) is 11.4 Å². The molecule has 0 fully saturated rings. The number of ether oxygens (including phenoxy) is 1. The summed E-state index contributed by atoms with van der Waals surface area (Å²) in [5.74, 6) is -0.135. The molecule has 2 rings (SSSR count). The van der Waals surface area contributed by atoms with Gasteiger partial charge in [0.15, 0.2) is 0 Å². The van der Waals surface area contributed by atoms with Crippen molar-refractivity contribution in [3.05, 3.63) is 48.0 Å². The summed E-state index contributed by atoms with van der Waals surface area (Å²) in [4.78, 5) is 35.3. The molecule has 3 N–H and O–H groups in total. The molecule has 0 aliphatic heterocycles. The lowest BCUT2D eigenvalue weighted by Crippen LogP contribution is -2.25. The van der Waals surface area contributed by atoms with Crippen molar-refractivity contribution in [3.8, 4) is 11.5 Å². The summed E-state index contributed by atoms with van der Waals surface area (Å²) in [6.07, 6.45) is 0.623. The minimum absolute atomic E-state index is 0.0649. The van der Waals surface area contributed by atoms with E-state index < -0.39 is 5.25 Å². The van der Waals surface area contributed by atoms with E-state index in [2.05, 4.69) is 10.6 Å². The zero-order valence-corrected chi connectivity index (χ0v) is 16.4. The van der Waals surface area contributed by atoms with E-state index in [1.807, 2.05) is 13.0 Å². The van der Waals surface area contributed by atoms with Crippen LogP contribution >= 0.6 is 11.8 Å². The summed E-state index contributed by atoms with van der Waals surface area (Å²) in [7, 11) is 0. The van der Waals surface area contributed by atoms with Crippen molar-refractivity contribution in [1.29, 1.82) is 0 Å². The number of aldehydes is 1. The zero-order chi connectivity index (χ0) is 20.5. The first-order valence-electron chi connectivity index (χ1n) is 8.67. The Hall–Kier alpha value is -3.00. The molecule has 0 aliphatic rings. The van der Waals surface area contributed by atoms with Crippen molar-refractivity contribution in [3.63, 3.8) is 0 Å². The van der Waals surface area contributed by atoms with Gasteiger partial charge in [0.25, 0.3) is 0 Å². The van der Waals surface area contributed by atoms with Crippen molar-refractivity contribution < 1.29 is 24.2 Å². The van der Waals surface area contributed by atoms with E-state index in [0.717, 1.165) is 11.8 Å². The minimum Gasteiger partial charge on any atom is -0.506 e. The van der Waals surface area contributed by atoms with Crippen LogP contribution in [0.25, 0.3) is 0 Å². The lowest BCUT2D eigenvalue weighted by molar-refractivity contribution is -0.115. The van der Waals surface area contributed by atoms with E-state index in [0.29, 0.717) is 29.9 Å². The van der Waals surface area contributed by atoms with Gasteiger partial charge in [0.05, 0.1) is 29.0 Å². The molecule has 148 valence electrons. The number of amides is 2. The van der Waals surface area contributed by atoms with E-state index in [1.165, 1.54) is 18.2 Å². The Balaban J connectivity index is 1.89. The molecular formula is C20H22N2O5S. The van der Waals surface area contributed by atoms with Gasteiger partial charge in [0.2, 0.25) is 11.8 Å². The standard InChI is InChI=1S/C20H22N2O5S/c1-3-27-18-7-5-4-6-15(18)21-19(25)12-28-13(2)20(26)22-16-10-14(11-23)8-9-17(16)24/h4-11,13,24H,3,12H2,1-2H3,(H,21,25)(H,22,26). The molecule has 0 aliphatic carbocycles. The zero-order valence-electron chi connectivity index (χ0n) is 15.6. The van der Waals surface area contributed by atoms with Crippen molar-refractivity contribution in [1.82, 2.24) is 0 Å². The first kappa shape index (κ1) is 21.3. The summed E-state index contributed by atoms with van der Waals surface area (Å²) in [6.45, 7) is 4.00. The highest BCUT2D eigenvalue weighted by Crippen LogP contribution is 2.26. The van der Waals surface area contributed by atoms with Gasteiger partial charge in [-0.05, 0) is 44.2 Å². The Morgan fingerprint density at radius 2 is 1.93 bits per heavy atom. The number of carbonyl (C=O) groups is 3. The maximum absolute atomic E-state index is 12.3. The summed E-state index contributed by atoms with van der Waals surface area (Å²) < 4.78 is 5.46. The number of aromatic hydroxyl groups is 1. The van der Waals surface area contributed by atoms with Crippen LogP contribution in [0.15, 0.2) is 42.5 Å². The second-order valence-electron chi connectivity index (χ2n) is 5.81. The van der Waals surface area contributed by atoms with Gasteiger partial charge in [-0.3, -0.25) is 14.4 Å². The number of benzene rings is 2. The second-order valence-corrected chi connectivity index (χ2v) is 7.14. The number of rotatable bonds is 9. The van der Waals surface area contributed by atoms with Crippen LogP contribution in [-0.2, 0) is 9.59 Å². The number of carbonyl (C=O) groups excluding carboxylic acids is 3. The summed E-state index contributed by atoms with van der Waals surface area (Å²) in [5, 5.41) is 14.6. The van der Waals surface area contributed by atoms with E-state index >= 15 is 0 Å². The Bertz CT molecular complexity index is 856. The predicted octanol–water partition coefficient (Wildman–Crippen LogP) is 3.30. The highest BCUT2D eigenvalue weighted by Gasteiger charge is 2.17. The van der Waals surface area contributed by atoms with Crippen LogP contribution < -0.4 is 15.4 Å². The summed E-state index contributed by atoms with van der Waals surface area (Å²) >= 11 is 1.15. The molecule has 0 saturated carbocycles. The molecular weight excluding hydrogens is 380 g/mol. The van der Waals surface area contributed by atoms with E-state index in [4.69, 9.17) is 4.74 Å². The number of nitrogens with one attached hydrogen (secondary N) is 2. The fourth-order valence-electron chi connectivity index (χ4n) is 2.28. The van der Waals surface area contributed by atoms with Gasteiger partial charge in [-0.15, -0.1) is 11.8 Å². The molecule has 0 heterocycles. The quantitative estimate of drug-likeness (QED) is 0.439. The number of hydrogen-bond donors (Lipinski definition) is 3. The number of phenols is 1. The highest BCUT2D eigenvalue weighted by molar-refractivity contribution is 8.01. The molecule has 0 radical (unpaired) electrons. The Kier molecular flexibility index (Phi) is 7.88. The fraction of sp³-hybridized carbons (Fsp3) is 0.250. The molecule has 28 heavy (non-hydrogen) atoms. The van der Waals surface area contributed by atoms with Crippen molar-refractivity contribution >= 4 is 41.2 Å². The molecule has 1 atom stereocenters. The van der Waals surface area contributed by atoms with Gasteiger partial charge in [0, 0.05) is 5.56 Å². The van der Waals surface area contributed by atoms with Crippen LogP contribution in [-0.4, -0.2) is 40.8 Å². The maximum Gasteiger partial charge on any atom is 0.237 e. The third-order valence-corrected chi connectivity index (χ3v) is 4.85. The Labute approximate surface area is 167 Å². The lowest BCUT2D eigenvalue weighted by atomic mass is 10.2. The van der Waals surface area contributed by atoms with Gasteiger partial charge in [-0.1, -0.05) is 12.1 Å². The smallest absolute Gasteiger partial charge is 0.237 e. The molecule has 8 heteroatoms. The van der Waals surface area contributed by atoms with Gasteiger partial charge in [0.1, 0.15) is 17.8 Å². The molecule has 0 saturated heterocycles. The largest absolute Gasteiger partial charge is 0.506 e. The monoisotopic (exact) mass is 402 g/mol. The maximum atomic E-state index is 12.3. The fourth-order valence-corrected chi connectivity index (χ4v) is 2.96. The van der Waals surface area contributed by atoms with Crippen LogP contribution in [0.2, 0.25) is 0 Å². The Morgan fingerprint density at radius 3 is 2.64 bits per heavy atom. The third kappa shape index (κ3) is 6.02. The number of phenolic OH excluding ortho intramolecular Hbond substituents is 1. The van der Waals surface area contributed by atoms with Crippen LogP contribution in [0.5, 0.6) is 11.5 Å². The molecule has 7 nitrogen and oxygen atoms in total. The highest BCUT2D eigenvalue weighted by atomic mass is 32.2. The lowest BCUT2D eigenvalue weighted by Gasteiger charge is -2.14. The second kappa shape index (κ2) is 10.4. The molecule has 2 aromatic carbocycles. The van der Waals surface area contributed by atoms with Gasteiger partial charge >= 0.3 is 0 Å². The average Bonchev–Trinajstić information content (AvgIpc) is 2.69. The van der Waals surface area contributed by atoms with Gasteiger partial charge in [-0.25, -0.2) is 0 Å². The van der Waals surface area contributed by atoms with E-state index in [1.54, 1.807) is 25.1 Å². The SMILES string of the molecule is CCOc1ccccc1NC(=O)CSC(C)C(=O)Nc1cc(C=O)ccc1O. The number of hydrogen-bond acceptors (Lipinski definition) is 6. The molecule has 1 unspecified atom stereocenters. The van der Waals surface area contributed by atoms with Crippen LogP contribution in [0.3, 0.4) is 0 Å². The van der Waals surface area contributed by atoms with Crippen LogP contribution in [0, 0.1) is 0 Å². The third-order valence-electron chi connectivity index (χ3n) is 3.71. The van der Waals surface area contributed by atoms with Crippen LogP contribution in [0.1, 0.15) is 24.2 Å². The molecule has 0 aromatic heterocycles. The Morgan fingerprint density at radius 1 is 1.18 bits per heavy atom. The minimum atomic E-state index is -0.549. The normalized spacial score (nSPS) is 11.4. The number of anilines is 2. The molecule has 2 aromatic rings. The first-order valence-corrected chi connectivity index (χ1v) is 9.71. The van der Waals surface area contributed by atoms with E-state index in [-0.39, 0.29) is 29.0 Å². The predicted molar refractivity (Wildman–Crippen MR) is 110 cm³/mol. The average molecular weight is 402 g/mol. The van der Waals surface area contributed by atoms with Gasteiger partial charge < -0.3 is 20.5 Å². The summed E-state index contributed by atoms with van der Waals surface area (Å²) in [6, 6.07) is 11.3. The molecule has 0 bridgehead atoms. The molecule has 2 amide bonds. The number of thioether (sulfide) groups is 1. The first-order chi connectivity index (χ1) is 13.4. The van der Waals surface area contributed by atoms with Gasteiger partial charge in [-0.2, -0.15) is 0 Å². The number of para-hydroxylation sites is 2.